The Labute approximate surface area is 202 Å². The second-order valence-electron chi connectivity index (χ2n) is 7.99. The first-order valence-electron chi connectivity index (χ1n) is 11.1. The van der Waals surface area contributed by atoms with Crippen LogP contribution in [0.3, 0.4) is 0 Å². The lowest BCUT2D eigenvalue weighted by Gasteiger charge is -2.32. The molecule has 0 bridgehead atoms. The highest BCUT2D eigenvalue weighted by atomic mass is 32.2. The van der Waals surface area contributed by atoms with E-state index in [0.29, 0.717) is 37.6 Å². The van der Waals surface area contributed by atoms with Crippen LogP contribution in [0.4, 0.5) is 0 Å². The van der Waals surface area contributed by atoms with Crippen molar-refractivity contribution in [2.24, 2.45) is 0 Å². The van der Waals surface area contributed by atoms with Gasteiger partial charge in [-0.25, -0.2) is 4.79 Å². The molecule has 8 nitrogen and oxygen atoms in total. The predicted molar refractivity (Wildman–Crippen MR) is 126 cm³/mol. The van der Waals surface area contributed by atoms with Gasteiger partial charge in [0.25, 0.3) is 17.7 Å². The molecular formula is C25H26N2O6S. The second-order valence-corrected chi connectivity index (χ2v) is 8.97. The molecule has 4 rings (SSSR count). The minimum absolute atomic E-state index is 0.221. The molecule has 3 amide bonds. The van der Waals surface area contributed by atoms with Crippen molar-refractivity contribution >= 4 is 35.5 Å². The number of imide groups is 1. The molecule has 0 N–H and O–H groups in total. The van der Waals surface area contributed by atoms with E-state index in [9.17, 15) is 19.2 Å². The highest BCUT2D eigenvalue weighted by Crippen LogP contribution is 2.29. The summed E-state index contributed by atoms with van der Waals surface area (Å²) >= 11 is 1.49. The number of carbonyl (C=O) groups excluding carboxylic acids is 4. The number of amides is 3. The number of rotatable bonds is 8. The smallest absolute Gasteiger partial charge is 0.330 e. The Balaban J connectivity index is 1.61. The molecule has 2 atom stereocenters. The largest absolute Gasteiger partial charge is 0.446 e. The number of esters is 1. The molecule has 2 aromatic rings. The van der Waals surface area contributed by atoms with Gasteiger partial charge >= 0.3 is 5.97 Å². The van der Waals surface area contributed by atoms with Crippen LogP contribution in [0.25, 0.3) is 0 Å². The summed E-state index contributed by atoms with van der Waals surface area (Å²) in [6.07, 6.45) is 0.914. The van der Waals surface area contributed by atoms with Gasteiger partial charge in [0.05, 0.1) is 24.3 Å². The van der Waals surface area contributed by atoms with E-state index in [4.69, 9.17) is 9.47 Å². The fraction of sp³-hybridized carbons (Fsp3) is 0.360. The number of benzene rings is 2. The van der Waals surface area contributed by atoms with Crippen molar-refractivity contribution in [2.75, 3.05) is 38.3 Å². The van der Waals surface area contributed by atoms with Gasteiger partial charge in [-0.05, 0) is 30.6 Å². The Morgan fingerprint density at radius 2 is 1.56 bits per heavy atom. The number of hydrogen-bond acceptors (Lipinski definition) is 7. The Bertz CT molecular complexity index is 1040. The SMILES string of the molecule is CSCC[C@@H](C(=O)O[C@H](C(=O)N1CCOCC1)c1ccccc1)N1C(=O)c2ccccc2C1=O. The number of nitrogens with zero attached hydrogens (tertiary/aromatic N) is 2. The topological polar surface area (TPSA) is 93.2 Å². The lowest BCUT2D eigenvalue weighted by Crippen LogP contribution is -2.48. The van der Waals surface area contributed by atoms with Gasteiger partial charge in [0.15, 0.2) is 0 Å². The summed E-state index contributed by atoms with van der Waals surface area (Å²) in [5, 5.41) is 0. The molecular weight excluding hydrogens is 456 g/mol. The molecule has 1 fully saturated rings. The number of fused-ring (bicyclic) bond motifs is 1. The summed E-state index contributed by atoms with van der Waals surface area (Å²) in [7, 11) is 0. The molecule has 0 aromatic heterocycles. The standard InChI is InChI=1S/C25H26N2O6S/c1-34-16-11-20(27-22(28)18-9-5-6-10-19(18)23(27)29)25(31)33-21(17-7-3-2-4-8-17)24(30)26-12-14-32-15-13-26/h2-10,20-21H,11-16H2,1H3/t20-,21-/m0/s1. The molecule has 0 spiro atoms. The number of thioether (sulfide) groups is 1. The Hall–Kier alpha value is -3.17. The maximum Gasteiger partial charge on any atom is 0.330 e. The van der Waals surface area contributed by atoms with Gasteiger partial charge in [0, 0.05) is 18.7 Å². The second kappa shape index (κ2) is 10.8. The van der Waals surface area contributed by atoms with E-state index in [1.807, 2.05) is 12.3 Å². The lowest BCUT2D eigenvalue weighted by atomic mass is 10.1. The summed E-state index contributed by atoms with van der Waals surface area (Å²) < 4.78 is 11.1. The molecule has 9 heteroatoms. The van der Waals surface area contributed by atoms with Crippen LogP contribution in [0.5, 0.6) is 0 Å². The van der Waals surface area contributed by atoms with Gasteiger partial charge in [-0.1, -0.05) is 42.5 Å². The van der Waals surface area contributed by atoms with Crippen LogP contribution in [0.15, 0.2) is 54.6 Å². The Morgan fingerprint density at radius 1 is 0.971 bits per heavy atom. The van der Waals surface area contributed by atoms with Crippen molar-refractivity contribution in [3.63, 3.8) is 0 Å². The first-order chi connectivity index (χ1) is 16.5. The van der Waals surface area contributed by atoms with Gasteiger partial charge in [0.1, 0.15) is 6.04 Å². The maximum atomic E-state index is 13.5. The van der Waals surface area contributed by atoms with E-state index in [0.717, 1.165) is 4.90 Å². The zero-order valence-electron chi connectivity index (χ0n) is 18.8. The molecule has 0 aliphatic carbocycles. The molecule has 178 valence electrons. The number of carbonyl (C=O) groups is 4. The normalized spacial score (nSPS) is 17.3. The highest BCUT2D eigenvalue weighted by molar-refractivity contribution is 7.98. The summed E-state index contributed by atoms with van der Waals surface area (Å²) in [4.78, 5) is 55.5. The van der Waals surface area contributed by atoms with Crippen LogP contribution in [0.2, 0.25) is 0 Å². The predicted octanol–water partition coefficient (Wildman–Crippen LogP) is 2.55. The summed E-state index contributed by atoms with van der Waals surface area (Å²) in [5.41, 5.74) is 1.05. The van der Waals surface area contributed by atoms with Crippen molar-refractivity contribution in [1.82, 2.24) is 9.80 Å². The average Bonchev–Trinajstić information content (AvgIpc) is 3.13. The fourth-order valence-electron chi connectivity index (χ4n) is 4.11. The van der Waals surface area contributed by atoms with Gasteiger partial charge in [0.2, 0.25) is 6.10 Å². The van der Waals surface area contributed by atoms with Crippen LogP contribution in [0.1, 0.15) is 38.8 Å². The third-order valence-electron chi connectivity index (χ3n) is 5.89. The minimum Gasteiger partial charge on any atom is -0.446 e. The van der Waals surface area contributed by atoms with Gasteiger partial charge < -0.3 is 14.4 Å². The monoisotopic (exact) mass is 482 g/mol. The van der Waals surface area contributed by atoms with E-state index in [1.54, 1.807) is 53.4 Å². The van der Waals surface area contributed by atoms with Crippen molar-refractivity contribution in [1.29, 1.82) is 0 Å². The molecule has 0 radical (unpaired) electrons. The molecule has 34 heavy (non-hydrogen) atoms. The quantitative estimate of drug-likeness (QED) is 0.422. The molecule has 1 saturated heterocycles. The van der Waals surface area contributed by atoms with Crippen molar-refractivity contribution < 1.29 is 28.7 Å². The zero-order chi connectivity index (χ0) is 24.1. The summed E-state index contributed by atoms with van der Waals surface area (Å²) in [6, 6.07) is 14.1. The highest BCUT2D eigenvalue weighted by Gasteiger charge is 2.44. The van der Waals surface area contributed by atoms with Crippen molar-refractivity contribution in [2.45, 2.75) is 18.6 Å². The van der Waals surface area contributed by atoms with Gasteiger partial charge in [-0.2, -0.15) is 11.8 Å². The first kappa shape index (κ1) is 24.0. The van der Waals surface area contributed by atoms with Gasteiger partial charge in [-0.3, -0.25) is 19.3 Å². The molecule has 2 aliphatic heterocycles. The van der Waals surface area contributed by atoms with Crippen LogP contribution < -0.4 is 0 Å². The number of hydrogen-bond donors (Lipinski definition) is 0. The molecule has 0 saturated carbocycles. The third-order valence-corrected chi connectivity index (χ3v) is 6.53. The average molecular weight is 483 g/mol. The maximum absolute atomic E-state index is 13.5. The zero-order valence-corrected chi connectivity index (χ0v) is 19.7. The van der Waals surface area contributed by atoms with Crippen molar-refractivity contribution in [3.8, 4) is 0 Å². The lowest BCUT2D eigenvalue weighted by molar-refractivity contribution is -0.165. The van der Waals surface area contributed by atoms with Crippen molar-refractivity contribution in [3.05, 3.63) is 71.3 Å². The molecule has 0 unspecified atom stereocenters. The van der Waals surface area contributed by atoms with Crippen LogP contribution in [-0.4, -0.2) is 77.8 Å². The number of morpholine rings is 1. The third kappa shape index (κ3) is 4.85. The molecule has 2 aromatic carbocycles. The van der Waals surface area contributed by atoms with Crippen LogP contribution >= 0.6 is 11.8 Å². The van der Waals surface area contributed by atoms with Crippen LogP contribution in [-0.2, 0) is 19.1 Å². The molecule has 2 aliphatic rings. The van der Waals surface area contributed by atoms with E-state index in [-0.39, 0.29) is 23.5 Å². The minimum atomic E-state index is -1.18. The van der Waals surface area contributed by atoms with E-state index in [1.165, 1.54) is 11.8 Å². The summed E-state index contributed by atoms with van der Waals surface area (Å²) in [6.45, 7) is 1.61. The first-order valence-corrected chi connectivity index (χ1v) is 12.5. The van der Waals surface area contributed by atoms with E-state index in [2.05, 4.69) is 0 Å². The number of ether oxygens (including phenoxy) is 2. The van der Waals surface area contributed by atoms with E-state index >= 15 is 0 Å². The Morgan fingerprint density at radius 3 is 2.15 bits per heavy atom. The van der Waals surface area contributed by atoms with Gasteiger partial charge in [-0.15, -0.1) is 0 Å². The Kier molecular flexibility index (Phi) is 7.64. The fourth-order valence-corrected chi connectivity index (χ4v) is 4.56. The van der Waals surface area contributed by atoms with Crippen LogP contribution in [0, 0.1) is 0 Å². The molecule has 2 heterocycles. The van der Waals surface area contributed by atoms with E-state index < -0.39 is 29.9 Å². The summed E-state index contributed by atoms with van der Waals surface area (Å²) in [5.74, 6) is -1.66.